The summed E-state index contributed by atoms with van der Waals surface area (Å²) in [5.41, 5.74) is 3.51. The van der Waals surface area contributed by atoms with Crippen molar-refractivity contribution < 1.29 is 19.1 Å². The maximum atomic E-state index is 13.0. The van der Waals surface area contributed by atoms with Crippen LogP contribution in [0.25, 0.3) is 0 Å². The summed E-state index contributed by atoms with van der Waals surface area (Å²) < 4.78 is 5.17. The number of aryl methyl sites for hydroxylation is 2. The van der Waals surface area contributed by atoms with Crippen molar-refractivity contribution in [1.82, 2.24) is 0 Å². The minimum Gasteiger partial charge on any atom is -0.462 e. The fourth-order valence-electron chi connectivity index (χ4n) is 3.27. The van der Waals surface area contributed by atoms with E-state index in [9.17, 15) is 14.4 Å². The third-order valence-corrected chi connectivity index (χ3v) is 6.26. The number of benzene rings is 1. The maximum absolute atomic E-state index is 13.0. The number of hydrogen-bond acceptors (Lipinski definition) is 5. The van der Waals surface area contributed by atoms with E-state index in [1.54, 1.807) is 13.8 Å². The van der Waals surface area contributed by atoms with Crippen LogP contribution in [0.4, 0.5) is 10.7 Å². The summed E-state index contributed by atoms with van der Waals surface area (Å²) in [7, 11) is 0. The van der Waals surface area contributed by atoms with Gasteiger partial charge in [-0.1, -0.05) is 31.5 Å². The Morgan fingerprint density at radius 3 is 2.27 bits per heavy atom. The number of anilines is 2. The Morgan fingerprint density at radius 2 is 1.70 bits per heavy atom. The number of thiophene rings is 1. The Kier molecular flexibility index (Phi) is 8.17. The highest BCUT2D eigenvalue weighted by Gasteiger charge is 2.28. The lowest BCUT2D eigenvalue weighted by molar-refractivity contribution is -0.120. The second kappa shape index (κ2) is 10.4. The smallest absolute Gasteiger partial charge is 0.341 e. The molecule has 0 saturated heterocycles. The van der Waals surface area contributed by atoms with Crippen molar-refractivity contribution in [2.24, 2.45) is 5.92 Å². The lowest BCUT2D eigenvalue weighted by Crippen LogP contribution is -2.22. The molecule has 1 aromatic heterocycles. The number of hydrogen-bond donors (Lipinski definition) is 2. The molecule has 30 heavy (non-hydrogen) atoms. The third-order valence-electron chi connectivity index (χ3n) is 5.06. The highest BCUT2D eigenvalue weighted by atomic mass is 32.1. The highest BCUT2D eigenvalue weighted by molar-refractivity contribution is 7.19. The SMILES string of the molecule is CCOC(=O)c1c(NC(=O)C(CC)CC)sc(C(=O)Nc2ccc(C)cc2C)c1C. The summed E-state index contributed by atoms with van der Waals surface area (Å²) in [6, 6.07) is 5.77. The molecular formula is C23H30N2O4S. The molecule has 0 bridgehead atoms. The predicted octanol–water partition coefficient (Wildman–Crippen LogP) is 5.48. The van der Waals surface area contributed by atoms with Crippen LogP contribution >= 0.6 is 11.3 Å². The Morgan fingerprint density at radius 1 is 1.03 bits per heavy atom. The third kappa shape index (κ3) is 5.27. The molecule has 162 valence electrons. The first-order valence-corrected chi connectivity index (χ1v) is 11.0. The standard InChI is InChI=1S/C23H30N2O4S/c1-7-16(8-2)20(26)25-22-18(23(28)29-9-3)15(6)19(30-22)21(27)24-17-11-10-13(4)12-14(17)5/h10-12,16H,7-9H2,1-6H3,(H,24,27)(H,25,26). The van der Waals surface area contributed by atoms with E-state index in [1.807, 2.05) is 45.9 Å². The zero-order valence-electron chi connectivity index (χ0n) is 18.5. The number of nitrogens with one attached hydrogen (secondary N) is 2. The van der Waals surface area contributed by atoms with E-state index in [0.29, 0.717) is 34.0 Å². The summed E-state index contributed by atoms with van der Waals surface area (Å²) in [6.07, 6.45) is 1.39. The summed E-state index contributed by atoms with van der Waals surface area (Å²) in [5.74, 6) is -1.18. The lowest BCUT2D eigenvalue weighted by atomic mass is 10.0. The van der Waals surface area contributed by atoms with Crippen molar-refractivity contribution in [3.63, 3.8) is 0 Å². The van der Waals surface area contributed by atoms with E-state index in [-0.39, 0.29) is 29.9 Å². The van der Waals surface area contributed by atoms with Gasteiger partial charge in [-0.2, -0.15) is 0 Å². The molecule has 0 aliphatic rings. The molecule has 0 radical (unpaired) electrons. The molecule has 0 aliphatic carbocycles. The Hall–Kier alpha value is -2.67. The van der Waals surface area contributed by atoms with Gasteiger partial charge in [0, 0.05) is 11.6 Å². The normalized spacial score (nSPS) is 10.8. The summed E-state index contributed by atoms with van der Waals surface area (Å²) in [4.78, 5) is 38.5. The van der Waals surface area contributed by atoms with Crippen molar-refractivity contribution in [1.29, 1.82) is 0 Å². The number of esters is 1. The predicted molar refractivity (Wildman–Crippen MR) is 122 cm³/mol. The Labute approximate surface area is 182 Å². The average molecular weight is 431 g/mol. The second-order valence-corrected chi connectivity index (χ2v) is 8.28. The highest BCUT2D eigenvalue weighted by Crippen LogP contribution is 2.35. The Balaban J connectivity index is 2.41. The van der Waals surface area contributed by atoms with Gasteiger partial charge in [0.05, 0.1) is 17.0 Å². The van der Waals surface area contributed by atoms with Crippen LogP contribution in [0, 0.1) is 26.7 Å². The molecule has 1 aromatic carbocycles. The van der Waals surface area contributed by atoms with Gasteiger partial charge in [-0.25, -0.2) is 4.79 Å². The van der Waals surface area contributed by atoms with E-state index in [4.69, 9.17) is 4.74 Å². The molecule has 2 N–H and O–H groups in total. The molecule has 0 saturated carbocycles. The molecule has 6 nitrogen and oxygen atoms in total. The van der Waals surface area contributed by atoms with Crippen LogP contribution in [0.2, 0.25) is 0 Å². The van der Waals surface area contributed by atoms with Gasteiger partial charge in [0.25, 0.3) is 5.91 Å². The van der Waals surface area contributed by atoms with Gasteiger partial charge in [0.2, 0.25) is 5.91 Å². The number of carbonyl (C=O) groups is 3. The molecule has 0 fully saturated rings. The minimum absolute atomic E-state index is 0.157. The van der Waals surface area contributed by atoms with Gasteiger partial charge >= 0.3 is 5.97 Å². The fraction of sp³-hybridized carbons (Fsp3) is 0.435. The van der Waals surface area contributed by atoms with Crippen LogP contribution < -0.4 is 10.6 Å². The van der Waals surface area contributed by atoms with Gasteiger partial charge in [-0.15, -0.1) is 11.3 Å². The van der Waals surface area contributed by atoms with Crippen molar-refractivity contribution in [3.05, 3.63) is 45.3 Å². The summed E-state index contributed by atoms with van der Waals surface area (Å²) in [5, 5.41) is 6.12. The summed E-state index contributed by atoms with van der Waals surface area (Å²) in [6.45, 7) is 11.4. The zero-order valence-corrected chi connectivity index (χ0v) is 19.3. The van der Waals surface area contributed by atoms with Crippen molar-refractivity contribution in [2.75, 3.05) is 17.2 Å². The van der Waals surface area contributed by atoms with E-state index >= 15 is 0 Å². The van der Waals surface area contributed by atoms with Gasteiger partial charge in [-0.3, -0.25) is 9.59 Å². The van der Waals surface area contributed by atoms with Crippen LogP contribution in [0.15, 0.2) is 18.2 Å². The van der Waals surface area contributed by atoms with Crippen LogP contribution in [-0.4, -0.2) is 24.4 Å². The monoisotopic (exact) mass is 430 g/mol. The lowest BCUT2D eigenvalue weighted by Gasteiger charge is -2.12. The number of carbonyl (C=O) groups excluding carboxylic acids is 3. The summed E-state index contributed by atoms with van der Waals surface area (Å²) >= 11 is 1.10. The van der Waals surface area contributed by atoms with E-state index in [2.05, 4.69) is 10.6 Å². The quantitative estimate of drug-likeness (QED) is 0.543. The van der Waals surface area contributed by atoms with Gasteiger partial charge in [-0.05, 0) is 57.7 Å². The minimum atomic E-state index is -0.545. The van der Waals surface area contributed by atoms with E-state index in [0.717, 1.165) is 22.5 Å². The van der Waals surface area contributed by atoms with Gasteiger partial charge in [0.1, 0.15) is 5.00 Å². The number of ether oxygens (including phenoxy) is 1. The van der Waals surface area contributed by atoms with E-state index < -0.39 is 5.97 Å². The molecule has 0 aliphatic heterocycles. The molecular weight excluding hydrogens is 400 g/mol. The second-order valence-electron chi connectivity index (χ2n) is 7.26. The van der Waals surface area contributed by atoms with Crippen LogP contribution in [0.1, 0.15) is 70.3 Å². The van der Waals surface area contributed by atoms with Crippen LogP contribution in [-0.2, 0) is 9.53 Å². The molecule has 7 heteroatoms. The van der Waals surface area contributed by atoms with Gasteiger partial charge in [0.15, 0.2) is 0 Å². The Bertz CT molecular complexity index is 945. The molecule has 2 amide bonds. The first-order chi connectivity index (χ1) is 14.2. The van der Waals surface area contributed by atoms with Crippen molar-refractivity contribution >= 4 is 39.8 Å². The topological polar surface area (TPSA) is 84.5 Å². The molecule has 0 spiro atoms. The average Bonchev–Trinajstić information content (AvgIpc) is 3.01. The van der Waals surface area contributed by atoms with Gasteiger partial charge < -0.3 is 15.4 Å². The molecule has 1 heterocycles. The van der Waals surface area contributed by atoms with Crippen LogP contribution in [0.3, 0.4) is 0 Å². The molecule has 0 atom stereocenters. The molecule has 0 unspecified atom stereocenters. The number of amides is 2. The maximum Gasteiger partial charge on any atom is 0.341 e. The van der Waals surface area contributed by atoms with Crippen LogP contribution in [0.5, 0.6) is 0 Å². The van der Waals surface area contributed by atoms with Crippen molar-refractivity contribution in [2.45, 2.75) is 54.4 Å². The first kappa shape index (κ1) is 23.6. The zero-order chi connectivity index (χ0) is 22.4. The fourth-order valence-corrected chi connectivity index (χ4v) is 4.37. The first-order valence-electron chi connectivity index (χ1n) is 10.2. The number of rotatable bonds is 8. The van der Waals surface area contributed by atoms with E-state index in [1.165, 1.54) is 0 Å². The molecule has 2 rings (SSSR count). The molecule has 2 aromatic rings. The van der Waals surface area contributed by atoms with Crippen molar-refractivity contribution in [3.8, 4) is 0 Å². The largest absolute Gasteiger partial charge is 0.462 e.